The van der Waals surface area contributed by atoms with Crippen molar-refractivity contribution in [3.8, 4) is 0 Å². The molecule has 16 heavy (non-hydrogen) atoms. The number of hydrogen-bond donors (Lipinski definition) is 2. The monoisotopic (exact) mass is 232 g/mol. The Morgan fingerprint density at radius 3 is 2.06 bits per heavy atom. The summed E-state index contributed by atoms with van der Waals surface area (Å²) in [7, 11) is 0. The Bertz CT molecular complexity index is 294. The molecule has 1 unspecified atom stereocenters. The fourth-order valence-corrected chi connectivity index (χ4v) is 1.24. The number of carboxylic acid groups (broad SMARTS) is 2. The van der Waals surface area contributed by atoms with Crippen LogP contribution in [0.5, 0.6) is 0 Å². The SMILES string of the molecule is CCC(=O)OC(C)(C)C(CC(=O)O)C(=O)O. The van der Waals surface area contributed by atoms with E-state index in [4.69, 9.17) is 14.9 Å². The van der Waals surface area contributed by atoms with Gasteiger partial charge in [-0.3, -0.25) is 14.4 Å². The summed E-state index contributed by atoms with van der Waals surface area (Å²) < 4.78 is 4.93. The van der Waals surface area contributed by atoms with Crippen molar-refractivity contribution in [2.45, 2.75) is 39.2 Å². The molecule has 0 aromatic carbocycles. The molecule has 0 aliphatic carbocycles. The van der Waals surface area contributed by atoms with Crippen LogP contribution in [0.1, 0.15) is 33.6 Å². The van der Waals surface area contributed by atoms with Crippen LogP contribution in [0.25, 0.3) is 0 Å². The fraction of sp³-hybridized carbons (Fsp3) is 0.700. The first kappa shape index (κ1) is 14.4. The number of carbonyl (C=O) groups excluding carboxylic acids is 1. The van der Waals surface area contributed by atoms with E-state index in [-0.39, 0.29) is 6.42 Å². The average molecular weight is 232 g/mol. The third-order valence-electron chi connectivity index (χ3n) is 2.18. The minimum Gasteiger partial charge on any atom is -0.481 e. The molecule has 0 spiro atoms. The Kier molecular flexibility index (Phi) is 4.94. The molecule has 0 aliphatic heterocycles. The number of esters is 1. The average Bonchev–Trinajstić information content (AvgIpc) is 2.12. The molecular weight excluding hydrogens is 216 g/mol. The van der Waals surface area contributed by atoms with Crippen LogP contribution >= 0.6 is 0 Å². The second-order valence-corrected chi connectivity index (χ2v) is 3.92. The maximum atomic E-state index is 11.1. The lowest BCUT2D eigenvalue weighted by Crippen LogP contribution is -2.42. The maximum absolute atomic E-state index is 11.1. The largest absolute Gasteiger partial charge is 0.481 e. The number of aliphatic carboxylic acids is 2. The molecule has 0 saturated heterocycles. The highest BCUT2D eigenvalue weighted by molar-refractivity contribution is 5.79. The van der Waals surface area contributed by atoms with Crippen molar-refractivity contribution in [3.63, 3.8) is 0 Å². The highest BCUT2D eigenvalue weighted by Crippen LogP contribution is 2.25. The first-order chi connectivity index (χ1) is 7.20. The topological polar surface area (TPSA) is 101 Å². The van der Waals surface area contributed by atoms with Crippen LogP contribution in [-0.2, 0) is 19.1 Å². The molecule has 0 heterocycles. The lowest BCUT2D eigenvalue weighted by atomic mass is 9.88. The van der Waals surface area contributed by atoms with Gasteiger partial charge in [-0.25, -0.2) is 0 Å². The second kappa shape index (κ2) is 5.48. The van der Waals surface area contributed by atoms with E-state index in [9.17, 15) is 14.4 Å². The van der Waals surface area contributed by atoms with Gasteiger partial charge in [0.15, 0.2) is 0 Å². The van der Waals surface area contributed by atoms with Crippen LogP contribution in [0.3, 0.4) is 0 Å². The smallest absolute Gasteiger partial charge is 0.311 e. The van der Waals surface area contributed by atoms with Crippen LogP contribution in [0.2, 0.25) is 0 Å². The van der Waals surface area contributed by atoms with E-state index in [1.165, 1.54) is 13.8 Å². The van der Waals surface area contributed by atoms with Crippen molar-refractivity contribution in [2.75, 3.05) is 0 Å². The minimum absolute atomic E-state index is 0.114. The standard InChI is InChI=1S/C10H16O6/c1-4-8(13)16-10(2,3)6(9(14)15)5-7(11)12/h6H,4-5H2,1-3H3,(H,11,12)(H,14,15). The van der Waals surface area contributed by atoms with E-state index in [0.29, 0.717) is 0 Å². The van der Waals surface area contributed by atoms with Gasteiger partial charge in [-0.05, 0) is 13.8 Å². The molecule has 6 heteroatoms. The molecule has 0 saturated carbocycles. The van der Waals surface area contributed by atoms with Gasteiger partial charge in [0.1, 0.15) is 11.5 Å². The Balaban J connectivity index is 4.81. The summed E-state index contributed by atoms with van der Waals surface area (Å²) in [5, 5.41) is 17.5. The van der Waals surface area contributed by atoms with Gasteiger partial charge in [0.25, 0.3) is 0 Å². The number of carboxylic acids is 2. The number of hydrogen-bond acceptors (Lipinski definition) is 4. The number of ether oxygens (including phenoxy) is 1. The summed E-state index contributed by atoms with van der Waals surface area (Å²) in [5.41, 5.74) is -1.34. The van der Waals surface area contributed by atoms with Gasteiger partial charge >= 0.3 is 17.9 Å². The van der Waals surface area contributed by atoms with Crippen molar-refractivity contribution < 1.29 is 29.3 Å². The molecule has 1 atom stereocenters. The van der Waals surface area contributed by atoms with Gasteiger partial charge in [-0.1, -0.05) is 6.92 Å². The maximum Gasteiger partial charge on any atom is 0.311 e. The highest BCUT2D eigenvalue weighted by atomic mass is 16.6. The van der Waals surface area contributed by atoms with Crippen molar-refractivity contribution in [1.29, 1.82) is 0 Å². The van der Waals surface area contributed by atoms with Gasteiger partial charge in [0.2, 0.25) is 0 Å². The third kappa shape index (κ3) is 4.29. The normalized spacial score (nSPS) is 12.9. The van der Waals surface area contributed by atoms with E-state index >= 15 is 0 Å². The highest BCUT2D eigenvalue weighted by Gasteiger charge is 2.39. The van der Waals surface area contributed by atoms with Crippen LogP contribution in [0, 0.1) is 5.92 Å². The third-order valence-corrected chi connectivity index (χ3v) is 2.18. The summed E-state index contributed by atoms with van der Waals surface area (Å²) >= 11 is 0. The minimum atomic E-state index is -1.34. The summed E-state index contributed by atoms with van der Waals surface area (Å²) in [6.07, 6.45) is -0.470. The van der Waals surface area contributed by atoms with Crippen LogP contribution in [0.15, 0.2) is 0 Å². The van der Waals surface area contributed by atoms with Crippen molar-refractivity contribution in [2.24, 2.45) is 5.92 Å². The molecule has 0 bridgehead atoms. The van der Waals surface area contributed by atoms with Gasteiger partial charge in [-0.15, -0.1) is 0 Å². The molecule has 0 amide bonds. The zero-order chi connectivity index (χ0) is 12.9. The van der Waals surface area contributed by atoms with Gasteiger partial charge < -0.3 is 14.9 Å². The zero-order valence-corrected chi connectivity index (χ0v) is 9.52. The number of rotatable bonds is 6. The predicted octanol–water partition coefficient (Wildman–Crippen LogP) is 0.894. The van der Waals surface area contributed by atoms with Crippen molar-refractivity contribution in [3.05, 3.63) is 0 Å². The van der Waals surface area contributed by atoms with E-state index in [2.05, 4.69) is 0 Å². The van der Waals surface area contributed by atoms with Crippen LogP contribution < -0.4 is 0 Å². The number of carbonyl (C=O) groups is 3. The molecule has 2 N–H and O–H groups in total. The molecule has 92 valence electrons. The lowest BCUT2D eigenvalue weighted by Gasteiger charge is -2.30. The summed E-state index contributed by atoms with van der Waals surface area (Å²) in [6.45, 7) is 4.36. The van der Waals surface area contributed by atoms with E-state index < -0.39 is 35.8 Å². The molecule has 0 rings (SSSR count). The lowest BCUT2D eigenvalue weighted by molar-refractivity contribution is -0.172. The quantitative estimate of drug-likeness (QED) is 0.659. The Morgan fingerprint density at radius 1 is 1.25 bits per heavy atom. The summed E-state index contributed by atoms with van der Waals surface area (Å²) in [5.74, 6) is -4.36. The molecule has 0 fully saturated rings. The first-order valence-corrected chi connectivity index (χ1v) is 4.87. The molecule has 0 aliphatic rings. The Labute approximate surface area is 93.2 Å². The molecule has 0 aromatic heterocycles. The van der Waals surface area contributed by atoms with E-state index in [0.717, 1.165) is 0 Å². The first-order valence-electron chi connectivity index (χ1n) is 4.87. The molecule has 0 aromatic rings. The Hall–Kier alpha value is -1.59. The van der Waals surface area contributed by atoms with Gasteiger partial charge in [0.05, 0.1) is 6.42 Å². The van der Waals surface area contributed by atoms with Crippen LogP contribution in [0.4, 0.5) is 0 Å². The molecular formula is C10H16O6. The second-order valence-electron chi connectivity index (χ2n) is 3.92. The van der Waals surface area contributed by atoms with E-state index in [1.807, 2.05) is 0 Å². The van der Waals surface area contributed by atoms with Gasteiger partial charge in [0, 0.05) is 6.42 Å². The van der Waals surface area contributed by atoms with Crippen LogP contribution in [-0.4, -0.2) is 33.7 Å². The predicted molar refractivity (Wildman–Crippen MR) is 53.8 cm³/mol. The van der Waals surface area contributed by atoms with Gasteiger partial charge in [-0.2, -0.15) is 0 Å². The molecule has 0 radical (unpaired) electrons. The fourth-order valence-electron chi connectivity index (χ4n) is 1.24. The zero-order valence-electron chi connectivity index (χ0n) is 9.52. The summed E-state index contributed by atoms with van der Waals surface area (Å²) in [6, 6.07) is 0. The molecule has 6 nitrogen and oxygen atoms in total. The van der Waals surface area contributed by atoms with E-state index in [1.54, 1.807) is 6.92 Å². The summed E-state index contributed by atoms with van der Waals surface area (Å²) in [4.78, 5) is 32.5. The Morgan fingerprint density at radius 2 is 1.75 bits per heavy atom. The van der Waals surface area contributed by atoms with Crippen molar-refractivity contribution in [1.82, 2.24) is 0 Å². The van der Waals surface area contributed by atoms with Crippen molar-refractivity contribution >= 4 is 17.9 Å².